The molecule has 2 amide bonds. The van der Waals surface area contributed by atoms with E-state index in [0.717, 1.165) is 18.4 Å². The number of rotatable bonds is 2. The first-order valence-corrected chi connectivity index (χ1v) is 6.56. The Labute approximate surface area is 108 Å². The van der Waals surface area contributed by atoms with Crippen molar-refractivity contribution in [2.75, 3.05) is 24.5 Å². The number of phenolic OH excluding ortho intramolecular Hbond substituents is 1. The van der Waals surface area contributed by atoms with Crippen LogP contribution in [0.2, 0.25) is 0 Å². The molecule has 98 valence electrons. The van der Waals surface area contributed by atoms with Crippen LogP contribution in [0.5, 0.6) is 5.75 Å². The molecule has 2 rings (SSSR count). The summed E-state index contributed by atoms with van der Waals surface area (Å²) in [6.07, 6.45) is 1.87. The van der Waals surface area contributed by atoms with E-state index in [1.807, 2.05) is 26.0 Å². The molecule has 1 aromatic rings. The topological polar surface area (TPSA) is 43.8 Å². The van der Waals surface area contributed by atoms with Crippen LogP contribution in [0.1, 0.15) is 25.8 Å². The van der Waals surface area contributed by atoms with Gasteiger partial charge in [0.1, 0.15) is 5.75 Å². The average Bonchev–Trinajstić information content (AvgIpc) is 2.39. The number of hydrogen-bond donors (Lipinski definition) is 1. The van der Waals surface area contributed by atoms with E-state index in [1.54, 1.807) is 15.9 Å². The van der Waals surface area contributed by atoms with Crippen LogP contribution in [-0.2, 0) is 6.42 Å². The molecular formula is C14H20N2O2. The summed E-state index contributed by atoms with van der Waals surface area (Å²) in [5.41, 5.74) is 1.75. The van der Waals surface area contributed by atoms with Gasteiger partial charge in [0.2, 0.25) is 0 Å². The SMILES string of the molecule is CCN(CC)C(=O)N1CCCc2cccc(O)c21. The summed E-state index contributed by atoms with van der Waals surface area (Å²) in [4.78, 5) is 15.9. The maximum atomic E-state index is 12.4. The summed E-state index contributed by atoms with van der Waals surface area (Å²) in [5.74, 6) is 0.202. The lowest BCUT2D eigenvalue weighted by Gasteiger charge is -2.33. The number of carbonyl (C=O) groups excluding carboxylic acids is 1. The predicted octanol–water partition coefficient (Wildman–Crippen LogP) is 2.61. The van der Waals surface area contributed by atoms with Crippen molar-refractivity contribution in [1.82, 2.24) is 4.90 Å². The van der Waals surface area contributed by atoms with Gasteiger partial charge in [-0.15, -0.1) is 0 Å². The number of para-hydroxylation sites is 1. The molecule has 1 N–H and O–H groups in total. The van der Waals surface area contributed by atoms with Gasteiger partial charge in [0, 0.05) is 19.6 Å². The van der Waals surface area contributed by atoms with E-state index in [0.29, 0.717) is 25.3 Å². The first-order chi connectivity index (χ1) is 8.69. The van der Waals surface area contributed by atoms with Crippen LogP contribution >= 0.6 is 0 Å². The number of aromatic hydroxyl groups is 1. The van der Waals surface area contributed by atoms with Crippen LogP contribution in [0.4, 0.5) is 10.5 Å². The molecule has 4 nitrogen and oxygen atoms in total. The third-order valence-electron chi connectivity index (χ3n) is 3.46. The van der Waals surface area contributed by atoms with Crippen molar-refractivity contribution < 1.29 is 9.90 Å². The summed E-state index contributed by atoms with van der Waals surface area (Å²) < 4.78 is 0. The number of anilines is 1. The summed E-state index contributed by atoms with van der Waals surface area (Å²) in [6.45, 7) is 6.00. The Balaban J connectivity index is 2.35. The highest BCUT2D eigenvalue weighted by Crippen LogP contribution is 2.35. The van der Waals surface area contributed by atoms with Gasteiger partial charge in [-0.05, 0) is 38.3 Å². The summed E-state index contributed by atoms with van der Waals surface area (Å²) in [7, 11) is 0. The minimum Gasteiger partial charge on any atom is -0.506 e. The molecule has 0 bridgehead atoms. The van der Waals surface area contributed by atoms with E-state index in [2.05, 4.69) is 0 Å². The fraction of sp³-hybridized carbons (Fsp3) is 0.500. The highest BCUT2D eigenvalue weighted by atomic mass is 16.3. The number of benzene rings is 1. The lowest BCUT2D eigenvalue weighted by atomic mass is 10.0. The summed E-state index contributed by atoms with van der Waals surface area (Å²) in [6, 6.07) is 5.45. The number of aryl methyl sites for hydroxylation is 1. The molecule has 18 heavy (non-hydrogen) atoms. The van der Waals surface area contributed by atoms with E-state index >= 15 is 0 Å². The summed E-state index contributed by atoms with van der Waals surface area (Å²) in [5, 5.41) is 9.99. The van der Waals surface area contributed by atoms with Crippen molar-refractivity contribution in [3.63, 3.8) is 0 Å². The fourth-order valence-corrected chi connectivity index (χ4v) is 2.49. The molecule has 0 saturated carbocycles. The molecule has 0 radical (unpaired) electrons. The van der Waals surface area contributed by atoms with Crippen LogP contribution < -0.4 is 4.90 Å². The van der Waals surface area contributed by atoms with Crippen LogP contribution in [0.3, 0.4) is 0 Å². The van der Waals surface area contributed by atoms with E-state index < -0.39 is 0 Å². The van der Waals surface area contributed by atoms with Crippen LogP contribution in [0.15, 0.2) is 18.2 Å². The van der Waals surface area contributed by atoms with Crippen LogP contribution in [0, 0.1) is 0 Å². The maximum absolute atomic E-state index is 12.4. The normalized spacial score (nSPS) is 14.2. The lowest BCUT2D eigenvalue weighted by molar-refractivity contribution is 0.209. The molecule has 0 aliphatic carbocycles. The third kappa shape index (κ3) is 2.15. The molecule has 1 aliphatic heterocycles. The Morgan fingerprint density at radius 1 is 1.39 bits per heavy atom. The smallest absolute Gasteiger partial charge is 0.324 e. The Kier molecular flexibility index (Phi) is 3.75. The lowest BCUT2D eigenvalue weighted by Crippen LogP contribution is -2.45. The van der Waals surface area contributed by atoms with Gasteiger partial charge in [0.05, 0.1) is 5.69 Å². The molecule has 1 heterocycles. The maximum Gasteiger partial charge on any atom is 0.324 e. The van der Waals surface area contributed by atoms with E-state index in [-0.39, 0.29) is 11.8 Å². The number of amides is 2. The molecular weight excluding hydrogens is 228 g/mol. The Morgan fingerprint density at radius 2 is 2.11 bits per heavy atom. The molecule has 4 heteroatoms. The quantitative estimate of drug-likeness (QED) is 0.874. The van der Waals surface area contributed by atoms with Gasteiger partial charge in [-0.3, -0.25) is 4.90 Å². The first kappa shape index (κ1) is 12.7. The molecule has 1 aliphatic rings. The monoisotopic (exact) mass is 248 g/mol. The van der Waals surface area contributed by atoms with Crippen molar-refractivity contribution in [3.05, 3.63) is 23.8 Å². The standard InChI is InChI=1S/C14H20N2O2/c1-3-15(4-2)14(18)16-10-6-8-11-7-5-9-12(17)13(11)16/h5,7,9,17H,3-4,6,8,10H2,1-2H3. The van der Waals surface area contributed by atoms with Gasteiger partial charge in [0.15, 0.2) is 0 Å². The van der Waals surface area contributed by atoms with E-state index in [9.17, 15) is 9.90 Å². The number of fused-ring (bicyclic) bond motifs is 1. The number of urea groups is 1. The highest BCUT2D eigenvalue weighted by Gasteiger charge is 2.27. The number of hydrogen-bond acceptors (Lipinski definition) is 2. The molecule has 0 unspecified atom stereocenters. The Morgan fingerprint density at radius 3 is 2.78 bits per heavy atom. The number of phenols is 1. The minimum atomic E-state index is -0.0116. The second-order valence-corrected chi connectivity index (χ2v) is 4.49. The highest BCUT2D eigenvalue weighted by molar-refractivity contribution is 5.95. The zero-order valence-corrected chi connectivity index (χ0v) is 11.0. The van der Waals surface area contributed by atoms with Gasteiger partial charge in [-0.1, -0.05) is 12.1 Å². The second-order valence-electron chi connectivity index (χ2n) is 4.49. The van der Waals surface area contributed by atoms with Crippen molar-refractivity contribution in [2.45, 2.75) is 26.7 Å². The molecule has 0 saturated heterocycles. The van der Waals surface area contributed by atoms with Crippen molar-refractivity contribution in [2.24, 2.45) is 0 Å². The molecule has 0 atom stereocenters. The van der Waals surface area contributed by atoms with Crippen molar-refractivity contribution >= 4 is 11.7 Å². The van der Waals surface area contributed by atoms with Gasteiger partial charge >= 0.3 is 6.03 Å². The third-order valence-corrected chi connectivity index (χ3v) is 3.46. The largest absolute Gasteiger partial charge is 0.506 e. The first-order valence-electron chi connectivity index (χ1n) is 6.56. The van der Waals surface area contributed by atoms with Crippen LogP contribution in [0.25, 0.3) is 0 Å². The Hall–Kier alpha value is -1.71. The predicted molar refractivity (Wildman–Crippen MR) is 72.1 cm³/mol. The number of carbonyl (C=O) groups is 1. The van der Waals surface area contributed by atoms with Gasteiger partial charge < -0.3 is 10.0 Å². The fourth-order valence-electron chi connectivity index (χ4n) is 2.49. The van der Waals surface area contributed by atoms with E-state index in [1.165, 1.54) is 0 Å². The van der Waals surface area contributed by atoms with Gasteiger partial charge in [0.25, 0.3) is 0 Å². The van der Waals surface area contributed by atoms with Crippen molar-refractivity contribution in [1.29, 1.82) is 0 Å². The average molecular weight is 248 g/mol. The van der Waals surface area contributed by atoms with Gasteiger partial charge in [-0.2, -0.15) is 0 Å². The van der Waals surface area contributed by atoms with Crippen molar-refractivity contribution in [3.8, 4) is 5.75 Å². The minimum absolute atomic E-state index is 0.0116. The second kappa shape index (κ2) is 5.29. The van der Waals surface area contributed by atoms with Crippen LogP contribution in [-0.4, -0.2) is 35.7 Å². The Bertz CT molecular complexity index is 441. The summed E-state index contributed by atoms with van der Waals surface area (Å²) >= 11 is 0. The molecule has 0 spiro atoms. The van der Waals surface area contributed by atoms with Gasteiger partial charge in [-0.25, -0.2) is 4.79 Å². The van der Waals surface area contributed by atoms with E-state index in [4.69, 9.17) is 0 Å². The zero-order valence-electron chi connectivity index (χ0n) is 11.0. The number of nitrogens with zero attached hydrogens (tertiary/aromatic N) is 2. The molecule has 0 fully saturated rings. The zero-order chi connectivity index (χ0) is 13.1. The molecule has 1 aromatic carbocycles. The molecule has 0 aromatic heterocycles.